The van der Waals surface area contributed by atoms with Crippen molar-refractivity contribution in [1.29, 1.82) is 0 Å². The molecule has 0 spiro atoms. The van der Waals surface area contributed by atoms with Crippen LogP contribution in [0, 0.1) is 5.41 Å². The van der Waals surface area contributed by atoms with Crippen LogP contribution in [0.5, 0.6) is 0 Å². The summed E-state index contributed by atoms with van der Waals surface area (Å²) in [5, 5.41) is 3.60. The van der Waals surface area contributed by atoms with Crippen LogP contribution < -0.4 is 5.32 Å². The molecule has 2 aliphatic carbocycles. The van der Waals surface area contributed by atoms with Gasteiger partial charge in [0.05, 0.1) is 0 Å². The van der Waals surface area contributed by atoms with E-state index in [1.807, 2.05) is 0 Å². The Morgan fingerprint density at radius 3 is 2.44 bits per heavy atom. The molecule has 0 bridgehead atoms. The Hall–Kier alpha value is -0.0800. The van der Waals surface area contributed by atoms with E-state index in [1.54, 1.807) is 0 Å². The molecule has 94 valence electrons. The van der Waals surface area contributed by atoms with Crippen molar-refractivity contribution < 1.29 is 0 Å². The lowest BCUT2D eigenvalue weighted by molar-refractivity contribution is 0.114. The van der Waals surface area contributed by atoms with Gasteiger partial charge in [0.2, 0.25) is 0 Å². The minimum absolute atomic E-state index is 0.589. The molecule has 2 saturated carbocycles. The summed E-state index contributed by atoms with van der Waals surface area (Å²) in [6, 6.07) is 0.917. The van der Waals surface area contributed by atoms with Crippen LogP contribution in [-0.4, -0.2) is 37.6 Å². The number of hydrogen-bond acceptors (Lipinski definition) is 2. The van der Waals surface area contributed by atoms with Gasteiger partial charge in [0.15, 0.2) is 0 Å². The molecule has 0 radical (unpaired) electrons. The highest BCUT2D eigenvalue weighted by molar-refractivity contribution is 4.91. The van der Waals surface area contributed by atoms with Gasteiger partial charge in [-0.2, -0.15) is 0 Å². The van der Waals surface area contributed by atoms with E-state index in [-0.39, 0.29) is 0 Å². The highest BCUT2D eigenvalue weighted by Crippen LogP contribution is 2.38. The Morgan fingerprint density at radius 2 is 1.88 bits per heavy atom. The molecule has 2 fully saturated rings. The van der Waals surface area contributed by atoms with Crippen LogP contribution in [0.3, 0.4) is 0 Å². The summed E-state index contributed by atoms with van der Waals surface area (Å²) in [5.74, 6) is 0. The van der Waals surface area contributed by atoms with Gasteiger partial charge < -0.3 is 10.2 Å². The lowest BCUT2D eigenvalue weighted by Gasteiger charge is -2.40. The van der Waals surface area contributed by atoms with Crippen molar-refractivity contribution in [3.8, 4) is 0 Å². The first-order chi connectivity index (χ1) is 7.76. The first-order valence-electron chi connectivity index (χ1n) is 7.17. The predicted octanol–water partition coefficient (Wildman–Crippen LogP) is 2.64. The highest BCUT2D eigenvalue weighted by Gasteiger charge is 2.36. The van der Waals surface area contributed by atoms with E-state index in [2.05, 4.69) is 24.2 Å². The Balaban J connectivity index is 1.89. The van der Waals surface area contributed by atoms with Crippen LogP contribution in [-0.2, 0) is 0 Å². The smallest absolute Gasteiger partial charge is 0.00936 e. The molecule has 2 aliphatic rings. The summed E-state index contributed by atoms with van der Waals surface area (Å²) >= 11 is 0. The van der Waals surface area contributed by atoms with Gasteiger partial charge in [0.25, 0.3) is 0 Å². The third kappa shape index (κ3) is 3.21. The van der Waals surface area contributed by atoms with E-state index < -0.39 is 0 Å². The highest BCUT2D eigenvalue weighted by atomic mass is 15.2. The molecular formula is C14H28N2. The normalized spacial score (nSPS) is 24.9. The summed E-state index contributed by atoms with van der Waals surface area (Å²) < 4.78 is 0. The molecule has 0 atom stereocenters. The molecule has 0 aliphatic heterocycles. The summed E-state index contributed by atoms with van der Waals surface area (Å²) in [6.45, 7) is 5.90. The van der Waals surface area contributed by atoms with Gasteiger partial charge in [0.1, 0.15) is 0 Å². The van der Waals surface area contributed by atoms with Gasteiger partial charge >= 0.3 is 0 Å². The first kappa shape index (κ1) is 12.4. The average molecular weight is 224 g/mol. The maximum absolute atomic E-state index is 3.60. The zero-order valence-corrected chi connectivity index (χ0v) is 11.1. The maximum Gasteiger partial charge on any atom is 0.00936 e. The summed E-state index contributed by atoms with van der Waals surface area (Å²) in [5.41, 5.74) is 0.589. The standard InChI is InChI=1S/C14H28N2/c1-3-15-11-14(9-5-4-6-10-14)12-16(2)13-7-8-13/h13,15H,3-12H2,1-2H3. The first-order valence-corrected chi connectivity index (χ1v) is 7.17. The number of nitrogens with one attached hydrogen (secondary N) is 1. The molecule has 0 heterocycles. The molecular weight excluding hydrogens is 196 g/mol. The van der Waals surface area contributed by atoms with Crippen molar-refractivity contribution in [2.75, 3.05) is 26.7 Å². The van der Waals surface area contributed by atoms with Crippen LogP contribution in [0.2, 0.25) is 0 Å². The van der Waals surface area contributed by atoms with Gasteiger partial charge in [0, 0.05) is 19.1 Å². The summed E-state index contributed by atoms with van der Waals surface area (Å²) in [6.07, 6.45) is 10.1. The lowest BCUT2D eigenvalue weighted by atomic mass is 9.73. The predicted molar refractivity (Wildman–Crippen MR) is 69.7 cm³/mol. The van der Waals surface area contributed by atoms with E-state index in [0.29, 0.717) is 5.41 Å². The topological polar surface area (TPSA) is 15.3 Å². The molecule has 2 heteroatoms. The van der Waals surface area contributed by atoms with Gasteiger partial charge in [-0.1, -0.05) is 26.2 Å². The van der Waals surface area contributed by atoms with Crippen LogP contribution in [0.1, 0.15) is 51.9 Å². The summed E-state index contributed by atoms with van der Waals surface area (Å²) in [7, 11) is 2.33. The van der Waals surface area contributed by atoms with Crippen LogP contribution in [0.15, 0.2) is 0 Å². The maximum atomic E-state index is 3.60. The van der Waals surface area contributed by atoms with Crippen molar-refractivity contribution in [1.82, 2.24) is 10.2 Å². The van der Waals surface area contributed by atoms with Gasteiger partial charge in [-0.15, -0.1) is 0 Å². The molecule has 0 amide bonds. The number of rotatable bonds is 6. The minimum Gasteiger partial charge on any atom is -0.316 e. The van der Waals surface area contributed by atoms with Gasteiger partial charge in [-0.25, -0.2) is 0 Å². The zero-order chi connectivity index (χ0) is 11.4. The number of hydrogen-bond donors (Lipinski definition) is 1. The quantitative estimate of drug-likeness (QED) is 0.746. The molecule has 16 heavy (non-hydrogen) atoms. The Bertz CT molecular complexity index is 205. The fourth-order valence-electron chi connectivity index (χ4n) is 3.26. The van der Waals surface area contributed by atoms with Crippen LogP contribution in [0.4, 0.5) is 0 Å². The van der Waals surface area contributed by atoms with Crippen molar-refractivity contribution >= 4 is 0 Å². The monoisotopic (exact) mass is 224 g/mol. The van der Waals surface area contributed by atoms with Crippen LogP contribution in [0.25, 0.3) is 0 Å². The zero-order valence-electron chi connectivity index (χ0n) is 11.1. The Morgan fingerprint density at radius 1 is 1.19 bits per heavy atom. The van der Waals surface area contributed by atoms with Crippen molar-refractivity contribution in [3.05, 3.63) is 0 Å². The van der Waals surface area contributed by atoms with E-state index in [1.165, 1.54) is 58.0 Å². The van der Waals surface area contributed by atoms with Crippen molar-refractivity contribution in [2.24, 2.45) is 5.41 Å². The Labute approximate surface area is 101 Å². The third-order valence-electron chi connectivity index (χ3n) is 4.42. The van der Waals surface area contributed by atoms with E-state index in [0.717, 1.165) is 12.6 Å². The second-order valence-electron chi connectivity index (χ2n) is 5.99. The molecule has 0 aromatic rings. The second kappa shape index (κ2) is 5.50. The fourth-order valence-corrected chi connectivity index (χ4v) is 3.26. The molecule has 0 saturated heterocycles. The van der Waals surface area contributed by atoms with E-state index in [9.17, 15) is 0 Å². The average Bonchev–Trinajstić information content (AvgIpc) is 3.11. The van der Waals surface area contributed by atoms with Gasteiger partial charge in [-0.05, 0) is 44.7 Å². The summed E-state index contributed by atoms with van der Waals surface area (Å²) in [4.78, 5) is 2.63. The van der Waals surface area contributed by atoms with Crippen molar-refractivity contribution in [3.63, 3.8) is 0 Å². The van der Waals surface area contributed by atoms with Crippen LogP contribution >= 0.6 is 0 Å². The molecule has 0 aromatic carbocycles. The fraction of sp³-hybridized carbons (Fsp3) is 1.00. The molecule has 0 unspecified atom stereocenters. The van der Waals surface area contributed by atoms with Crippen molar-refractivity contribution in [2.45, 2.75) is 57.9 Å². The number of nitrogens with zero attached hydrogens (tertiary/aromatic N) is 1. The molecule has 2 rings (SSSR count). The van der Waals surface area contributed by atoms with Gasteiger partial charge in [-0.3, -0.25) is 0 Å². The third-order valence-corrected chi connectivity index (χ3v) is 4.42. The largest absolute Gasteiger partial charge is 0.316 e. The molecule has 2 nitrogen and oxygen atoms in total. The molecule has 1 N–H and O–H groups in total. The minimum atomic E-state index is 0.589. The lowest BCUT2D eigenvalue weighted by Crippen LogP contribution is -2.44. The SMILES string of the molecule is CCNCC1(CN(C)C2CC2)CCCCC1. The van der Waals surface area contributed by atoms with E-state index in [4.69, 9.17) is 0 Å². The Kier molecular flexibility index (Phi) is 4.26. The molecule has 0 aromatic heterocycles. The second-order valence-corrected chi connectivity index (χ2v) is 5.99. The van der Waals surface area contributed by atoms with E-state index >= 15 is 0 Å².